The van der Waals surface area contributed by atoms with Crippen LogP contribution in [0.1, 0.15) is 25.3 Å². The fraction of sp³-hybridized carbons (Fsp3) is 0.417. The van der Waals surface area contributed by atoms with Gasteiger partial charge in [0.2, 0.25) is 5.91 Å². The molecule has 1 rings (SSSR count). The zero-order valence-electron chi connectivity index (χ0n) is 9.16. The summed E-state index contributed by atoms with van der Waals surface area (Å²) in [6, 6.07) is 7.64. The Labute approximate surface area is 90.1 Å². The van der Waals surface area contributed by atoms with Gasteiger partial charge in [-0.05, 0) is 32.4 Å². The first-order chi connectivity index (χ1) is 7.08. The molecule has 1 unspecified atom stereocenters. The maximum absolute atomic E-state index is 11.4. The number of benzene rings is 1. The second-order valence-corrected chi connectivity index (χ2v) is 3.80. The van der Waals surface area contributed by atoms with E-state index >= 15 is 0 Å². The van der Waals surface area contributed by atoms with Crippen molar-refractivity contribution in [1.29, 1.82) is 0 Å². The van der Waals surface area contributed by atoms with Crippen molar-refractivity contribution in [2.24, 2.45) is 0 Å². The Kier molecular flexibility index (Phi) is 4.31. The average molecular weight is 207 g/mol. The smallest absolute Gasteiger partial charge is 0.224 e. The van der Waals surface area contributed by atoms with E-state index in [4.69, 9.17) is 5.11 Å². The van der Waals surface area contributed by atoms with Crippen LogP contribution in [0, 0.1) is 6.92 Å². The number of anilines is 1. The molecule has 0 aliphatic carbocycles. The third-order valence-corrected chi connectivity index (χ3v) is 2.12. The van der Waals surface area contributed by atoms with E-state index in [1.54, 1.807) is 6.92 Å². The Hall–Kier alpha value is -1.35. The standard InChI is InChI=1S/C12H17NO2/c1-9-3-6-11(7-4-9)13-12(15)8-5-10(2)14/h3-4,6-7,10,14H,5,8H2,1-2H3,(H,13,15). The number of aryl methyl sites for hydroxylation is 1. The minimum atomic E-state index is -0.422. The van der Waals surface area contributed by atoms with Crippen molar-refractivity contribution >= 4 is 11.6 Å². The molecule has 0 bridgehead atoms. The van der Waals surface area contributed by atoms with Crippen LogP contribution in [0.25, 0.3) is 0 Å². The van der Waals surface area contributed by atoms with Crippen molar-refractivity contribution in [2.45, 2.75) is 32.8 Å². The lowest BCUT2D eigenvalue weighted by atomic mass is 10.2. The summed E-state index contributed by atoms with van der Waals surface area (Å²) in [5.41, 5.74) is 1.97. The minimum Gasteiger partial charge on any atom is -0.393 e. The molecular weight excluding hydrogens is 190 g/mol. The van der Waals surface area contributed by atoms with Crippen LogP contribution in [-0.4, -0.2) is 17.1 Å². The van der Waals surface area contributed by atoms with Crippen LogP contribution in [0.4, 0.5) is 5.69 Å². The molecule has 2 N–H and O–H groups in total. The summed E-state index contributed by atoms with van der Waals surface area (Å²) < 4.78 is 0. The number of amides is 1. The second-order valence-electron chi connectivity index (χ2n) is 3.80. The molecule has 0 spiro atoms. The third kappa shape index (κ3) is 4.61. The Bertz CT molecular complexity index is 317. The Balaban J connectivity index is 2.41. The topological polar surface area (TPSA) is 49.3 Å². The van der Waals surface area contributed by atoms with E-state index in [2.05, 4.69) is 5.32 Å². The number of carbonyl (C=O) groups excluding carboxylic acids is 1. The zero-order chi connectivity index (χ0) is 11.3. The molecule has 0 radical (unpaired) electrons. The number of rotatable bonds is 4. The quantitative estimate of drug-likeness (QED) is 0.794. The van der Waals surface area contributed by atoms with E-state index < -0.39 is 6.10 Å². The van der Waals surface area contributed by atoms with Crippen LogP contribution in [-0.2, 0) is 4.79 Å². The molecule has 0 heterocycles. The van der Waals surface area contributed by atoms with Gasteiger partial charge in [0.15, 0.2) is 0 Å². The van der Waals surface area contributed by atoms with E-state index in [0.29, 0.717) is 12.8 Å². The maximum atomic E-state index is 11.4. The molecule has 3 nitrogen and oxygen atoms in total. The Morgan fingerprint density at radius 1 is 1.40 bits per heavy atom. The Morgan fingerprint density at radius 2 is 2.00 bits per heavy atom. The van der Waals surface area contributed by atoms with Gasteiger partial charge in [-0.1, -0.05) is 17.7 Å². The fourth-order valence-corrected chi connectivity index (χ4v) is 1.20. The van der Waals surface area contributed by atoms with Crippen molar-refractivity contribution in [2.75, 3.05) is 5.32 Å². The summed E-state index contributed by atoms with van der Waals surface area (Å²) in [6.07, 6.45) is 0.428. The zero-order valence-corrected chi connectivity index (χ0v) is 9.16. The summed E-state index contributed by atoms with van der Waals surface area (Å²) in [5.74, 6) is -0.0558. The van der Waals surface area contributed by atoms with Crippen molar-refractivity contribution in [3.8, 4) is 0 Å². The summed E-state index contributed by atoms with van der Waals surface area (Å²) >= 11 is 0. The summed E-state index contributed by atoms with van der Waals surface area (Å²) in [4.78, 5) is 11.4. The largest absolute Gasteiger partial charge is 0.393 e. The molecule has 82 valence electrons. The molecule has 1 amide bonds. The van der Waals surface area contributed by atoms with Crippen molar-refractivity contribution in [3.63, 3.8) is 0 Å². The summed E-state index contributed by atoms with van der Waals surface area (Å²) in [6.45, 7) is 3.68. The number of aliphatic hydroxyl groups is 1. The molecular formula is C12H17NO2. The van der Waals surface area contributed by atoms with Gasteiger partial charge in [-0.2, -0.15) is 0 Å². The van der Waals surface area contributed by atoms with E-state index in [1.807, 2.05) is 31.2 Å². The van der Waals surface area contributed by atoms with Crippen LogP contribution in [0.3, 0.4) is 0 Å². The van der Waals surface area contributed by atoms with E-state index in [0.717, 1.165) is 11.3 Å². The fourth-order valence-electron chi connectivity index (χ4n) is 1.20. The monoisotopic (exact) mass is 207 g/mol. The highest BCUT2D eigenvalue weighted by molar-refractivity contribution is 5.90. The number of hydrogen-bond acceptors (Lipinski definition) is 2. The molecule has 0 aromatic heterocycles. The van der Waals surface area contributed by atoms with E-state index in [9.17, 15) is 4.79 Å². The third-order valence-electron chi connectivity index (χ3n) is 2.12. The van der Waals surface area contributed by atoms with E-state index in [-0.39, 0.29) is 5.91 Å². The highest BCUT2D eigenvalue weighted by Gasteiger charge is 2.04. The molecule has 1 aromatic carbocycles. The van der Waals surface area contributed by atoms with Gasteiger partial charge in [-0.15, -0.1) is 0 Å². The van der Waals surface area contributed by atoms with Gasteiger partial charge in [0.05, 0.1) is 6.10 Å². The minimum absolute atomic E-state index is 0.0558. The molecule has 1 aromatic rings. The molecule has 0 aliphatic rings. The average Bonchev–Trinajstić information content (AvgIpc) is 2.19. The number of nitrogens with one attached hydrogen (secondary N) is 1. The van der Waals surface area contributed by atoms with Crippen molar-refractivity contribution < 1.29 is 9.90 Å². The normalized spacial score (nSPS) is 12.2. The van der Waals surface area contributed by atoms with Gasteiger partial charge < -0.3 is 10.4 Å². The second kappa shape index (κ2) is 5.51. The first-order valence-electron chi connectivity index (χ1n) is 5.12. The van der Waals surface area contributed by atoms with Crippen LogP contribution < -0.4 is 5.32 Å². The first kappa shape index (κ1) is 11.7. The predicted octanol–water partition coefficient (Wildman–Crippen LogP) is 2.09. The van der Waals surface area contributed by atoms with Crippen LogP contribution >= 0.6 is 0 Å². The molecule has 0 aliphatic heterocycles. The van der Waals surface area contributed by atoms with Crippen molar-refractivity contribution in [3.05, 3.63) is 29.8 Å². The molecule has 0 fully saturated rings. The van der Waals surface area contributed by atoms with Gasteiger partial charge in [0.1, 0.15) is 0 Å². The lowest BCUT2D eigenvalue weighted by molar-refractivity contribution is -0.116. The molecule has 15 heavy (non-hydrogen) atoms. The SMILES string of the molecule is Cc1ccc(NC(=O)CCC(C)O)cc1. The predicted molar refractivity (Wildman–Crippen MR) is 60.7 cm³/mol. The summed E-state index contributed by atoms with van der Waals surface area (Å²) in [7, 11) is 0. The van der Waals surface area contributed by atoms with Gasteiger partial charge in [0.25, 0.3) is 0 Å². The molecule has 0 saturated carbocycles. The lowest BCUT2D eigenvalue weighted by Crippen LogP contribution is -2.13. The van der Waals surface area contributed by atoms with Crippen LogP contribution in [0.15, 0.2) is 24.3 Å². The van der Waals surface area contributed by atoms with Crippen molar-refractivity contribution in [1.82, 2.24) is 0 Å². The molecule has 3 heteroatoms. The number of carbonyl (C=O) groups is 1. The van der Waals surface area contributed by atoms with Gasteiger partial charge in [0, 0.05) is 12.1 Å². The number of aliphatic hydroxyl groups excluding tert-OH is 1. The van der Waals surface area contributed by atoms with Gasteiger partial charge in [-0.25, -0.2) is 0 Å². The van der Waals surface area contributed by atoms with Gasteiger partial charge >= 0.3 is 0 Å². The van der Waals surface area contributed by atoms with E-state index in [1.165, 1.54) is 0 Å². The summed E-state index contributed by atoms with van der Waals surface area (Å²) in [5, 5.41) is 11.8. The lowest BCUT2D eigenvalue weighted by Gasteiger charge is -2.06. The van der Waals surface area contributed by atoms with Crippen LogP contribution in [0.5, 0.6) is 0 Å². The highest BCUT2D eigenvalue weighted by Crippen LogP contribution is 2.09. The van der Waals surface area contributed by atoms with Gasteiger partial charge in [-0.3, -0.25) is 4.79 Å². The molecule has 0 saturated heterocycles. The number of hydrogen-bond donors (Lipinski definition) is 2. The highest BCUT2D eigenvalue weighted by atomic mass is 16.3. The maximum Gasteiger partial charge on any atom is 0.224 e. The Morgan fingerprint density at radius 3 is 2.53 bits per heavy atom. The van der Waals surface area contributed by atoms with Crippen LogP contribution in [0.2, 0.25) is 0 Å². The molecule has 1 atom stereocenters. The first-order valence-corrected chi connectivity index (χ1v) is 5.12.